The molecule has 3 nitrogen and oxygen atoms in total. The van der Waals surface area contributed by atoms with Crippen LogP contribution in [-0.4, -0.2) is 36.2 Å². The monoisotopic (exact) mass is 361 g/mol. The van der Waals surface area contributed by atoms with E-state index in [4.69, 9.17) is 4.74 Å². The van der Waals surface area contributed by atoms with Crippen LogP contribution in [-0.2, 0) is 0 Å². The molecule has 2 aromatic carbocycles. The fraction of sp³-hybridized carbons (Fsp3) is 0.333. The van der Waals surface area contributed by atoms with Gasteiger partial charge in [-0.05, 0) is 61.0 Å². The fourth-order valence-corrected chi connectivity index (χ4v) is 2.55. The molecule has 0 aliphatic heterocycles. The summed E-state index contributed by atoms with van der Waals surface area (Å²) < 4.78 is 5.81. The summed E-state index contributed by atoms with van der Waals surface area (Å²) in [6.45, 7) is 10.2. The highest BCUT2D eigenvalue weighted by Crippen LogP contribution is 2.21. The van der Waals surface area contributed by atoms with E-state index >= 15 is 0 Å². The van der Waals surface area contributed by atoms with E-state index in [2.05, 4.69) is 43.9 Å². The Labute approximate surface area is 157 Å². The van der Waals surface area contributed by atoms with Gasteiger partial charge in [0.05, 0.1) is 0 Å². The lowest BCUT2D eigenvalue weighted by atomic mass is 10.0. The number of likely N-dealkylation sites (N-methyl/N-ethyl adjacent to an activating group) is 1. The van der Waals surface area contributed by atoms with Gasteiger partial charge in [0, 0.05) is 6.54 Å². The minimum Gasteiger partial charge on any atom is -0.508 e. The summed E-state index contributed by atoms with van der Waals surface area (Å²) in [6.07, 6.45) is 2.13. The Hall–Kier alpha value is -1.97. The molecule has 136 valence electrons. The molecule has 0 unspecified atom stereocenters. The van der Waals surface area contributed by atoms with Gasteiger partial charge in [-0.2, -0.15) is 0 Å². The number of phenolic OH excluding ortho intramolecular Hbond substituents is 1. The molecule has 0 aromatic heterocycles. The zero-order valence-corrected chi connectivity index (χ0v) is 16.1. The molecule has 0 amide bonds. The van der Waals surface area contributed by atoms with Gasteiger partial charge in [-0.1, -0.05) is 44.2 Å². The first-order valence-electron chi connectivity index (χ1n) is 8.55. The minimum absolute atomic E-state index is 0. The van der Waals surface area contributed by atoms with Crippen LogP contribution in [0.25, 0.3) is 11.6 Å². The maximum atomic E-state index is 9.36. The Morgan fingerprint density at radius 2 is 1.60 bits per heavy atom. The molecule has 0 bridgehead atoms. The van der Waals surface area contributed by atoms with Crippen molar-refractivity contribution in [2.75, 3.05) is 26.2 Å². The SMILES string of the molecule is CCN(CC)CCOc1ccc(/C=C(/C)c2ccc(O)cc2)cc1.Cl. The predicted molar refractivity (Wildman–Crippen MR) is 109 cm³/mol. The maximum absolute atomic E-state index is 9.36. The maximum Gasteiger partial charge on any atom is 0.119 e. The van der Waals surface area contributed by atoms with E-state index < -0.39 is 0 Å². The van der Waals surface area contributed by atoms with Crippen LogP contribution in [0, 0.1) is 0 Å². The molecule has 0 fully saturated rings. The summed E-state index contributed by atoms with van der Waals surface area (Å²) in [5.41, 5.74) is 3.40. The van der Waals surface area contributed by atoms with E-state index in [1.54, 1.807) is 12.1 Å². The van der Waals surface area contributed by atoms with Crippen molar-refractivity contribution in [3.63, 3.8) is 0 Å². The molecular formula is C21H28ClNO2. The third kappa shape index (κ3) is 6.81. The normalized spacial score (nSPS) is 11.3. The molecule has 0 radical (unpaired) electrons. The number of hydrogen-bond acceptors (Lipinski definition) is 3. The number of phenols is 1. The van der Waals surface area contributed by atoms with E-state index in [1.807, 2.05) is 24.3 Å². The highest BCUT2D eigenvalue weighted by molar-refractivity contribution is 5.85. The lowest BCUT2D eigenvalue weighted by molar-refractivity contribution is 0.223. The number of ether oxygens (including phenoxy) is 1. The Bertz CT molecular complexity index is 647. The molecule has 0 saturated carbocycles. The van der Waals surface area contributed by atoms with Crippen molar-refractivity contribution in [2.24, 2.45) is 0 Å². The van der Waals surface area contributed by atoms with E-state index in [0.717, 1.165) is 42.1 Å². The third-order valence-corrected chi connectivity index (χ3v) is 4.16. The quantitative estimate of drug-likeness (QED) is 0.664. The summed E-state index contributed by atoms with van der Waals surface area (Å²) in [7, 11) is 0. The van der Waals surface area contributed by atoms with Gasteiger partial charge in [-0.25, -0.2) is 0 Å². The molecule has 25 heavy (non-hydrogen) atoms. The Morgan fingerprint density at radius 3 is 2.16 bits per heavy atom. The van der Waals surface area contributed by atoms with Crippen molar-refractivity contribution in [1.82, 2.24) is 4.90 Å². The van der Waals surface area contributed by atoms with Crippen molar-refractivity contribution in [3.8, 4) is 11.5 Å². The topological polar surface area (TPSA) is 32.7 Å². The predicted octanol–water partition coefficient (Wildman–Crippen LogP) is 5.10. The zero-order valence-electron chi connectivity index (χ0n) is 15.2. The number of aromatic hydroxyl groups is 1. The molecule has 0 atom stereocenters. The van der Waals surface area contributed by atoms with Crippen LogP contribution in [0.5, 0.6) is 11.5 Å². The van der Waals surface area contributed by atoms with Crippen molar-refractivity contribution in [3.05, 3.63) is 59.7 Å². The van der Waals surface area contributed by atoms with Crippen LogP contribution in [0.15, 0.2) is 48.5 Å². The smallest absolute Gasteiger partial charge is 0.119 e. The zero-order chi connectivity index (χ0) is 17.4. The Kier molecular flexibility index (Phi) is 9.11. The lowest BCUT2D eigenvalue weighted by Crippen LogP contribution is -2.27. The van der Waals surface area contributed by atoms with Gasteiger partial charge in [0.15, 0.2) is 0 Å². The Morgan fingerprint density at radius 1 is 1.00 bits per heavy atom. The molecule has 2 aromatic rings. The number of rotatable bonds is 8. The largest absolute Gasteiger partial charge is 0.508 e. The second-order valence-electron chi connectivity index (χ2n) is 5.82. The molecule has 0 aliphatic rings. The first-order valence-corrected chi connectivity index (χ1v) is 8.55. The van der Waals surface area contributed by atoms with E-state index in [0.29, 0.717) is 6.61 Å². The van der Waals surface area contributed by atoms with Gasteiger partial charge in [-0.3, -0.25) is 0 Å². The minimum atomic E-state index is 0. The van der Waals surface area contributed by atoms with Crippen LogP contribution in [0.4, 0.5) is 0 Å². The summed E-state index contributed by atoms with van der Waals surface area (Å²) in [4.78, 5) is 2.35. The molecule has 4 heteroatoms. The average Bonchev–Trinajstić information content (AvgIpc) is 2.60. The van der Waals surface area contributed by atoms with E-state index in [9.17, 15) is 5.11 Å². The molecular weight excluding hydrogens is 334 g/mol. The van der Waals surface area contributed by atoms with Crippen LogP contribution in [0.1, 0.15) is 31.9 Å². The number of allylic oxidation sites excluding steroid dienone is 1. The van der Waals surface area contributed by atoms with Crippen LogP contribution in [0.2, 0.25) is 0 Å². The lowest BCUT2D eigenvalue weighted by Gasteiger charge is -2.18. The second kappa shape index (κ2) is 10.8. The number of hydrogen-bond donors (Lipinski definition) is 1. The van der Waals surface area contributed by atoms with E-state index in [1.165, 1.54) is 0 Å². The van der Waals surface area contributed by atoms with Gasteiger partial charge < -0.3 is 14.7 Å². The highest BCUT2D eigenvalue weighted by atomic mass is 35.5. The molecule has 0 saturated heterocycles. The third-order valence-electron chi connectivity index (χ3n) is 4.16. The number of benzene rings is 2. The summed E-state index contributed by atoms with van der Waals surface area (Å²) in [5, 5.41) is 9.36. The molecule has 1 N–H and O–H groups in total. The number of halogens is 1. The standard InChI is InChI=1S/C21H27NO2.ClH/c1-4-22(5-2)14-15-24-21-12-6-18(7-13-21)16-17(3)19-8-10-20(23)11-9-19;/h6-13,16,23H,4-5,14-15H2,1-3H3;1H/b17-16-;. The van der Waals surface area contributed by atoms with Crippen molar-refractivity contribution in [2.45, 2.75) is 20.8 Å². The summed E-state index contributed by atoms with van der Waals surface area (Å²) in [6, 6.07) is 15.4. The van der Waals surface area contributed by atoms with Crippen LogP contribution in [0.3, 0.4) is 0 Å². The highest BCUT2D eigenvalue weighted by Gasteiger charge is 2.00. The fourth-order valence-electron chi connectivity index (χ4n) is 2.55. The second-order valence-corrected chi connectivity index (χ2v) is 5.82. The average molecular weight is 362 g/mol. The molecule has 0 aliphatic carbocycles. The van der Waals surface area contributed by atoms with E-state index in [-0.39, 0.29) is 18.2 Å². The molecule has 0 spiro atoms. The first kappa shape index (κ1) is 21.1. The Balaban J connectivity index is 0.00000312. The van der Waals surface area contributed by atoms with Gasteiger partial charge in [-0.15, -0.1) is 12.4 Å². The van der Waals surface area contributed by atoms with Crippen LogP contribution >= 0.6 is 12.4 Å². The first-order chi connectivity index (χ1) is 11.6. The summed E-state index contributed by atoms with van der Waals surface area (Å²) >= 11 is 0. The van der Waals surface area contributed by atoms with Gasteiger partial charge in [0.25, 0.3) is 0 Å². The van der Waals surface area contributed by atoms with Gasteiger partial charge >= 0.3 is 0 Å². The number of nitrogens with zero attached hydrogens (tertiary/aromatic N) is 1. The van der Waals surface area contributed by atoms with Crippen molar-refractivity contribution in [1.29, 1.82) is 0 Å². The van der Waals surface area contributed by atoms with Gasteiger partial charge in [0.1, 0.15) is 18.1 Å². The van der Waals surface area contributed by atoms with Crippen molar-refractivity contribution >= 4 is 24.1 Å². The molecule has 0 heterocycles. The van der Waals surface area contributed by atoms with Gasteiger partial charge in [0.2, 0.25) is 0 Å². The summed E-state index contributed by atoms with van der Waals surface area (Å²) in [5.74, 6) is 1.19. The van der Waals surface area contributed by atoms with Crippen LogP contribution < -0.4 is 4.74 Å². The van der Waals surface area contributed by atoms with Crippen molar-refractivity contribution < 1.29 is 9.84 Å². The molecule has 2 rings (SSSR count).